The van der Waals surface area contributed by atoms with Gasteiger partial charge in [-0.15, -0.1) is 0 Å². The monoisotopic (exact) mass is 209 g/mol. The first-order valence-electron chi connectivity index (χ1n) is 6.03. The Morgan fingerprint density at radius 3 is 2.80 bits per heavy atom. The van der Waals surface area contributed by atoms with E-state index in [2.05, 4.69) is 29.6 Å². The van der Waals surface area contributed by atoms with Gasteiger partial charge in [-0.25, -0.2) is 0 Å². The maximum Gasteiger partial charge on any atom is 0.0593 e. The molecule has 0 saturated carbocycles. The molecule has 86 valence electrons. The lowest BCUT2D eigenvalue weighted by atomic mass is 10.2. The zero-order valence-corrected chi connectivity index (χ0v) is 10.00. The van der Waals surface area contributed by atoms with Gasteiger partial charge in [-0.1, -0.05) is 13.3 Å². The lowest BCUT2D eigenvalue weighted by Gasteiger charge is -2.03. The third kappa shape index (κ3) is 5.57. The van der Waals surface area contributed by atoms with E-state index in [0.29, 0.717) is 0 Å². The van der Waals surface area contributed by atoms with Gasteiger partial charge in [0, 0.05) is 12.7 Å². The van der Waals surface area contributed by atoms with Crippen LogP contribution in [0.25, 0.3) is 0 Å². The quantitative estimate of drug-likeness (QED) is 0.666. The van der Waals surface area contributed by atoms with E-state index in [0.717, 1.165) is 25.3 Å². The smallest absolute Gasteiger partial charge is 0.0593 e. The molecule has 0 radical (unpaired) electrons. The van der Waals surface area contributed by atoms with Crippen LogP contribution in [0.15, 0.2) is 12.3 Å². The number of hydrogen-bond donors (Lipinski definition) is 1. The Labute approximate surface area is 92.9 Å². The third-order valence-corrected chi connectivity index (χ3v) is 2.44. The van der Waals surface area contributed by atoms with Crippen LogP contribution < -0.4 is 5.32 Å². The molecule has 3 nitrogen and oxygen atoms in total. The third-order valence-electron chi connectivity index (χ3n) is 2.44. The van der Waals surface area contributed by atoms with Crippen LogP contribution in [0.1, 0.15) is 38.3 Å². The maximum absolute atomic E-state index is 4.36. The van der Waals surface area contributed by atoms with Crippen molar-refractivity contribution < 1.29 is 0 Å². The van der Waals surface area contributed by atoms with Gasteiger partial charge >= 0.3 is 0 Å². The van der Waals surface area contributed by atoms with E-state index in [1.165, 1.54) is 25.7 Å². The molecule has 0 saturated heterocycles. The maximum atomic E-state index is 4.36. The Balaban J connectivity index is 1.93. The molecule has 0 aromatic carbocycles. The summed E-state index contributed by atoms with van der Waals surface area (Å²) < 4.78 is 2.04. The van der Waals surface area contributed by atoms with Crippen LogP contribution in [0.3, 0.4) is 0 Å². The summed E-state index contributed by atoms with van der Waals surface area (Å²) in [5, 5.41) is 7.77. The second kappa shape index (κ2) is 7.46. The molecule has 1 aromatic rings. The summed E-state index contributed by atoms with van der Waals surface area (Å²) in [7, 11) is 0. The highest BCUT2D eigenvalue weighted by atomic mass is 15.3. The van der Waals surface area contributed by atoms with Crippen molar-refractivity contribution in [2.45, 2.75) is 46.1 Å². The molecule has 0 atom stereocenters. The molecule has 1 aromatic heterocycles. The standard InChI is InChI=1S/C12H23N3/c1-3-8-13-9-5-4-6-10-15-11-7-12(2)14-15/h7,11,13H,3-6,8-10H2,1-2H3. The molecule has 3 heteroatoms. The second-order valence-corrected chi connectivity index (χ2v) is 4.03. The fraction of sp³-hybridized carbons (Fsp3) is 0.750. The number of aromatic nitrogens is 2. The molecule has 1 N–H and O–H groups in total. The molecule has 0 bridgehead atoms. The minimum absolute atomic E-state index is 1.06. The molecule has 0 aliphatic heterocycles. The van der Waals surface area contributed by atoms with Gasteiger partial charge < -0.3 is 5.32 Å². The van der Waals surface area contributed by atoms with E-state index >= 15 is 0 Å². The van der Waals surface area contributed by atoms with Crippen LogP contribution in [0.5, 0.6) is 0 Å². The van der Waals surface area contributed by atoms with E-state index in [1.54, 1.807) is 0 Å². The van der Waals surface area contributed by atoms with Gasteiger partial charge in [0.15, 0.2) is 0 Å². The van der Waals surface area contributed by atoms with Crippen molar-refractivity contribution in [1.29, 1.82) is 0 Å². The van der Waals surface area contributed by atoms with E-state index in [-0.39, 0.29) is 0 Å². The van der Waals surface area contributed by atoms with Crippen LogP contribution >= 0.6 is 0 Å². The van der Waals surface area contributed by atoms with Crippen molar-refractivity contribution in [3.05, 3.63) is 18.0 Å². The molecule has 0 amide bonds. The summed E-state index contributed by atoms with van der Waals surface area (Å²) >= 11 is 0. The number of nitrogens with one attached hydrogen (secondary N) is 1. The molecule has 0 spiro atoms. The number of nitrogens with zero attached hydrogens (tertiary/aromatic N) is 2. The molecule has 0 aliphatic rings. The summed E-state index contributed by atoms with van der Waals surface area (Å²) in [4.78, 5) is 0. The molecule has 15 heavy (non-hydrogen) atoms. The number of hydrogen-bond acceptors (Lipinski definition) is 2. The summed E-state index contributed by atoms with van der Waals surface area (Å²) in [5.41, 5.74) is 1.11. The van der Waals surface area contributed by atoms with Crippen molar-refractivity contribution >= 4 is 0 Å². The van der Waals surface area contributed by atoms with Crippen LogP contribution in [-0.4, -0.2) is 22.9 Å². The molecule has 1 rings (SSSR count). The van der Waals surface area contributed by atoms with Gasteiger partial charge in [0.25, 0.3) is 0 Å². The zero-order valence-electron chi connectivity index (χ0n) is 10.00. The molecule has 0 unspecified atom stereocenters. The Bertz CT molecular complexity index is 255. The largest absolute Gasteiger partial charge is 0.317 e. The molecule has 0 fully saturated rings. The van der Waals surface area contributed by atoms with Crippen molar-refractivity contribution in [1.82, 2.24) is 15.1 Å². The lowest BCUT2D eigenvalue weighted by molar-refractivity contribution is 0.527. The van der Waals surface area contributed by atoms with Gasteiger partial charge in [-0.3, -0.25) is 4.68 Å². The van der Waals surface area contributed by atoms with Gasteiger partial charge in [0.1, 0.15) is 0 Å². The molecule has 1 heterocycles. The first kappa shape index (κ1) is 12.2. The number of unbranched alkanes of at least 4 members (excludes halogenated alkanes) is 2. The molecule has 0 aliphatic carbocycles. The Morgan fingerprint density at radius 1 is 1.27 bits per heavy atom. The van der Waals surface area contributed by atoms with Crippen LogP contribution in [-0.2, 0) is 6.54 Å². The topological polar surface area (TPSA) is 29.9 Å². The van der Waals surface area contributed by atoms with Gasteiger partial charge in [-0.05, 0) is 45.3 Å². The van der Waals surface area contributed by atoms with E-state index < -0.39 is 0 Å². The zero-order chi connectivity index (χ0) is 10.9. The Kier molecular flexibility index (Phi) is 6.09. The highest BCUT2D eigenvalue weighted by Crippen LogP contribution is 1.99. The van der Waals surface area contributed by atoms with Gasteiger partial charge in [-0.2, -0.15) is 5.10 Å². The van der Waals surface area contributed by atoms with Crippen molar-refractivity contribution in [2.24, 2.45) is 0 Å². The minimum atomic E-state index is 1.06. The molecular formula is C12H23N3. The highest BCUT2D eigenvalue weighted by molar-refractivity contribution is 4.94. The normalized spacial score (nSPS) is 10.8. The average molecular weight is 209 g/mol. The van der Waals surface area contributed by atoms with Crippen LogP contribution in [0.2, 0.25) is 0 Å². The predicted molar refractivity (Wildman–Crippen MR) is 64.0 cm³/mol. The fourth-order valence-electron chi connectivity index (χ4n) is 1.59. The Morgan fingerprint density at radius 2 is 2.13 bits per heavy atom. The highest BCUT2D eigenvalue weighted by Gasteiger charge is 1.94. The fourth-order valence-corrected chi connectivity index (χ4v) is 1.59. The SMILES string of the molecule is CCCNCCCCCn1ccc(C)n1. The molecular weight excluding hydrogens is 186 g/mol. The van der Waals surface area contributed by atoms with Gasteiger partial charge in [0.2, 0.25) is 0 Å². The summed E-state index contributed by atoms with van der Waals surface area (Å²) in [6, 6.07) is 2.06. The number of rotatable bonds is 8. The first-order valence-corrected chi connectivity index (χ1v) is 6.03. The summed E-state index contributed by atoms with van der Waals surface area (Å²) in [6.45, 7) is 7.60. The van der Waals surface area contributed by atoms with Crippen molar-refractivity contribution in [3.63, 3.8) is 0 Å². The van der Waals surface area contributed by atoms with Gasteiger partial charge in [0.05, 0.1) is 5.69 Å². The lowest BCUT2D eigenvalue weighted by Crippen LogP contribution is -2.15. The number of aryl methyl sites for hydroxylation is 2. The predicted octanol–water partition coefficient (Wildman–Crippen LogP) is 2.36. The first-order chi connectivity index (χ1) is 7.33. The van der Waals surface area contributed by atoms with E-state index in [9.17, 15) is 0 Å². The minimum Gasteiger partial charge on any atom is -0.317 e. The van der Waals surface area contributed by atoms with Crippen LogP contribution in [0.4, 0.5) is 0 Å². The van der Waals surface area contributed by atoms with E-state index in [1.807, 2.05) is 11.6 Å². The van der Waals surface area contributed by atoms with Crippen LogP contribution in [0, 0.1) is 6.92 Å². The van der Waals surface area contributed by atoms with Crippen molar-refractivity contribution in [3.8, 4) is 0 Å². The Hall–Kier alpha value is -0.830. The van der Waals surface area contributed by atoms with E-state index in [4.69, 9.17) is 0 Å². The summed E-state index contributed by atoms with van der Waals surface area (Å²) in [5.74, 6) is 0. The summed E-state index contributed by atoms with van der Waals surface area (Å²) in [6.07, 6.45) is 7.09. The average Bonchev–Trinajstić information content (AvgIpc) is 2.63. The van der Waals surface area contributed by atoms with Crippen molar-refractivity contribution in [2.75, 3.05) is 13.1 Å². The second-order valence-electron chi connectivity index (χ2n) is 4.03.